The molecule has 5 heteroatoms. The minimum absolute atomic E-state index is 0.487. The van der Waals surface area contributed by atoms with Crippen molar-refractivity contribution < 1.29 is 4.42 Å². The van der Waals surface area contributed by atoms with Gasteiger partial charge in [-0.25, -0.2) is 9.98 Å². The van der Waals surface area contributed by atoms with Crippen molar-refractivity contribution in [3.8, 4) is 0 Å². The molecule has 112 valence electrons. The van der Waals surface area contributed by atoms with Gasteiger partial charge in [-0.1, -0.05) is 13.8 Å². The van der Waals surface area contributed by atoms with Crippen molar-refractivity contribution >= 4 is 5.96 Å². The van der Waals surface area contributed by atoms with Gasteiger partial charge in [0.15, 0.2) is 11.9 Å². The van der Waals surface area contributed by atoms with Crippen LogP contribution in [0.4, 0.5) is 0 Å². The first-order chi connectivity index (χ1) is 9.60. The van der Waals surface area contributed by atoms with Gasteiger partial charge in [0, 0.05) is 19.5 Å². The number of aromatic nitrogens is 1. The highest BCUT2D eigenvalue weighted by molar-refractivity contribution is 5.78. The van der Waals surface area contributed by atoms with Gasteiger partial charge in [-0.15, -0.1) is 0 Å². The molecule has 2 heterocycles. The molecule has 0 aliphatic carbocycles. The second-order valence-electron chi connectivity index (χ2n) is 5.71. The zero-order valence-electron chi connectivity index (χ0n) is 12.9. The molecule has 0 saturated carbocycles. The molecule has 0 radical (unpaired) electrons. The summed E-state index contributed by atoms with van der Waals surface area (Å²) < 4.78 is 5.72. The Balaban J connectivity index is 1.94. The summed E-state index contributed by atoms with van der Waals surface area (Å²) in [5.74, 6) is 3.07. The SMILES string of the molecule is CCCc1nc(C)c(CN=C(N)N2CCC(C)CC2)o1. The molecule has 1 fully saturated rings. The molecule has 5 nitrogen and oxygen atoms in total. The summed E-state index contributed by atoms with van der Waals surface area (Å²) in [5, 5.41) is 0. The molecule has 2 N–H and O–H groups in total. The summed E-state index contributed by atoms with van der Waals surface area (Å²) in [5.41, 5.74) is 7.00. The average Bonchev–Trinajstić information content (AvgIpc) is 2.77. The van der Waals surface area contributed by atoms with Crippen molar-refractivity contribution in [3.63, 3.8) is 0 Å². The van der Waals surface area contributed by atoms with Gasteiger partial charge < -0.3 is 15.1 Å². The Hall–Kier alpha value is -1.52. The summed E-state index contributed by atoms with van der Waals surface area (Å²) in [6.45, 7) is 8.87. The smallest absolute Gasteiger partial charge is 0.194 e. The molecule has 2 rings (SSSR count). The van der Waals surface area contributed by atoms with Crippen molar-refractivity contribution in [1.82, 2.24) is 9.88 Å². The maximum absolute atomic E-state index is 6.07. The minimum atomic E-state index is 0.487. The van der Waals surface area contributed by atoms with Gasteiger partial charge in [0.1, 0.15) is 12.3 Å². The number of rotatable bonds is 4. The molecule has 0 aromatic carbocycles. The van der Waals surface area contributed by atoms with Crippen molar-refractivity contribution in [2.24, 2.45) is 16.6 Å². The number of aliphatic imine (C=N–C) groups is 1. The second kappa shape index (κ2) is 6.77. The maximum atomic E-state index is 6.07. The van der Waals surface area contributed by atoms with Gasteiger partial charge in [-0.3, -0.25) is 0 Å². The van der Waals surface area contributed by atoms with Crippen LogP contribution in [0.5, 0.6) is 0 Å². The number of nitrogens with zero attached hydrogens (tertiary/aromatic N) is 3. The van der Waals surface area contributed by atoms with Gasteiger partial charge >= 0.3 is 0 Å². The largest absolute Gasteiger partial charge is 0.443 e. The van der Waals surface area contributed by atoms with Gasteiger partial charge in [-0.05, 0) is 32.1 Å². The van der Waals surface area contributed by atoms with Gasteiger partial charge in [-0.2, -0.15) is 0 Å². The first kappa shape index (κ1) is 14.9. The fraction of sp³-hybridized carbons (Fsp3) is 0.733. The van der Waals surface area contributed by atoms with Crippen LogP contribution in [0.3, 0.4) is 0 Å². The minimum Gasteiger partial charge on any atom is -0.443 e. The molecule has 1 aliphatic heterocycles. The first-order valence-corrected chi connectivity index (χ1v) is 7.60. The Morgan fingerprint density at radius 1 is 1.45 bits per heavy atom. The number of aryl methyl sites for hydroxylation is 2. The highest BCUT2D eigenvalue weighted by Gasteiger charge is 2.17. The van der Waals surface area contributed by atoms with Crippen molar-refractivity contribution in [3.05, 3.63) is 17.3 Å². The molecule has 0 amide bonds. The van der Waals surface area contributed by atoms with E-state index < -0.39 is 0 Å². The number of likely N-dealkylation sites (tertiary alicyclic amines) is 1. The Morgan fingerprint density at radius 2 is 2.15 bits per heavy atom. The summed E-state index contributed by atoms with van der Waals surface area (Å²) in [4.78, 5) is 11.0. The van der Waals surface area contributed by atoms with E-state index in [9.17, 15) is 0 Å². The average molecular weight is 278 g/mol. The van der Waals surface area contributed by atoms with Crippen LogP contribution < -0.4 is 5.73 Å². The molecule has 1 aliphatic rings. The first-order valence-electron chi connectivity index (χ1n) is 7.60. The number of oxazole rings is 1. The lowest BCUT2D eigenvalue weighted by atomic mass is 10.00. The van der Waals surface area contributed by atoms with Gasteiger partial charge in [0.2, 0.25) is 0 Å². The zero-order valence-corrected chi connectivity index (χ0v) is 12.9. The third-order valence-corrected chi connectivity index (χ3v) is 3.89. The topological polar surface area (TPSA) is 67.7 Å². The lowest BCUT2D eigenvalue weighted by Gasteiger charge is -2.30. The van der Waals surface area contributed by atoms with E-state index in [1.165, 1.54) is 12.8 Å². The van der Waals surface area contributed by atoms with Crippen LogP contribution in [0.15, 0.2) is 9.41 Å². The number of nitrogens with two attached hydrogens (primary N) is 1. The van der Waals surface area contributed by atoms with Crippen LogP contribution >= 0.6 is 0 Å². The number of guanidine groups is 1. The summed E-state index contributed by atoms with van der Waals surface area (Å²) in [7, 11) is 0. The van der Waals surface area contributed by atoms with Crippen molar-refractivity contribution in [2.45, 2.75) is 53.0 Å². The molecule has 1 saturated heterocycles. The van der Waals surface area contributed by atoms with E-state index in [1.54, 1.807) is 0 Å². The molecular weight excluding hydrogens is 252 g/mol. The molecule has 0 spiro atoms. The van der Waals surface area contributed by atoms with Crippen LogP contribution in [0, 0.1) is 12.8 Å². The van der Waals surface area contributed by atoms with Crippen LogP contribution in [0.1, 0.15) is 50.5 Å². The van der Waals surface area contributed by atoms with Crippen LogP contribution in [0.25, 0.3) is 0 Å². The molecule has 1 aromatic rings. The van der Waals surface area contributed by atoms with E-state index in [0.29, 0.717) is 12.5 Å². The second-order valence-corrected chi connectivity index (χ2v) is 5.71. The molecule has 20 heavy (non-hydrogen) atoms. The molecule has 0 atom stereocenters. The lowest BCUT2D eigenvalue weighted by Crippen LogP contribution is -2.42. The van der Waals surface area contributed by atoms with Gasteiger partial charge in [0.05, 0.1) is 5.69 Å². The highest BCUT2D eigenvalue weighted by Crippen LogP contribution is 2.16. The Labute approximate surface area is 121 Å². The van der Waals surface area contributed by atoms with E-state index in [1.807, 2.05) is 6.92 Å². The van der Waals surface area contributed by atoms with Crippen LogP contribution in [-0.4, -0.2) is 28.9 Å². The highest BCUT2D eigenvalue weighted by atomic mass is 16.4. The zero-order chi connectivity index (χ0) is 14.5. The van der Waals surface area contributed by atoms with Gasteiger partial charge in [0.25, 0.3) is 0 Å². The standard InChI is InChI=1S/C15H26N4O/c1-4-5-14-18-12(3)13(20-14)10-17-15(16)19-8-6-11(2)7-9-19/h11H,4-10H2,1-3H3,(H2,16,17). The Kier molecular flexibility index (Phi) is 5.04. The lowest BCUT2D eigenvalue weighted by molar-refractivity contribution is 0.277. The summed E-state index contributed by atoms with van der Waals surface area (Å²) in [6.07, 6.45) is 4.30. The molecule has 0 unspecified atom stereocenters. The molecular formula is C15H26N4O. The summed E-state index contributed by atoms with van der Waals surface area (Å²) >= 11 is 0. The summed E-state index contributed by atoms with van der Waals surface area (Å²) in [6, 6.07) is 0. The Morgan fingerprint density at radius 3 is 2.80 bits per heavy atom. The number of hydrogen-bond donors (Lipinski definition) is 1. The molecule has 0 bridgehead atoms. The monoisotopic (exact) mass is 278 g/mol. The van der Waals surface area contributed by atoms with Crippen molar-refractivity contribution in [2.75, 3.05) is 13.1 Å². The fourth-order valence-corrected chi connectivity index (χ4v) is 2.45. The quantitative estimate of drug-likeness (QED) is 0.678. The maximum Gasteiger partial charge on any atom is 0.194 e. The van der Waals surface area contributed by atoms with E-state index in [4.69, 9.17) is 10.2 Å². The van der Waals surface area contributed by atoms with E-state index >= 15 is 0 Å². The van der Waals surface area contributed by atoms with E-state index in [0.717, 1.165) is 49.2 Å². The number of piperidine rings is 1. The van der Waals surface area contributed by atoms with Crippen LogP contribution in [0.2, 0.25) is 0 Å². The van der Waals surface area contributed by atoms with Crippen molar-refractivity contribution in [1.29, 1.82) is 0 Å². The molecule has 1 aromatic heterocycles. The fourth-order valence-electron chi connectivity index (χ4n) is 2.45. The number of hydrogen-bond acceptors (Lipinski definition) is 3. The van der Waals surface area contributed by atoms with E-state index in [2.05, 4.69) is 28.7 Å². The van der Waals surface area contributed by atoms with E-state index in [-0.39, 0.29) is 0 Å². The third kappa shape index (κ3) is 3.74. The predicted molar refractivity (Wildman–Crippen MR) is 80.5 cm³/mol. The normalized spacial score (nSPS) is 17.8. The van der Waals surface area contributed by atoms with Crippen LogP contribution in [-0.2, 0) is 13.0 Å². The Bertz CT molecular complexity index is 458. The third-order valence-electron chi connectivity index (χ3n) is 3.89. The predicted octanol–water partition coefficient (Wildman–Crippen LogP) is 2.48.